The van der Waals surface area contributed by atoms with Crippen LogP contribution in [0.5, 0.6) is 0 Å². The van der Waals surface area contributed by atoms with Gasteiger partial charge in [-0.3, -0.25) is 0 Å². The topological polar surface area (TPSA) is 75.7 Å². The predicted octanol–water partition coefficient (Wildman–Crippen LogP) is -0.0956. The Hall–Kier alpha value is -0.470. The van der Waals surface area contributed by atoms with Crippen LogP contribution in [0.25, 0.3) is 0 Å². The maximum absolute atomic E-state index is 12.1. The first-order valence-corrected chi connectivity index (χ1v) is 9.01. The van der Waals surface area contributed by atoms with E-state index in [2.05, 4.69) is 5.32 Å². The minimum absolute atomic E-state index is 0.00675. The van der Waals surface area contributed by atoms with Gasteiger partial charge in [0, 0.05) is 30.9 Å². The average molecular weight is 294 g/mol. The van der Waals surface area contributed by atoms with Crippen LogP contribution >= 0.6 is 11.8 Å². The van der Waals surface area contributed by atoms with Crippen molar-refractivity contribution in [2.45, 2.75) is 17.8 Å². The largest absolute Gasteiger partial charge is 0.379 e. The zero-order valence-corrected chi connectivity index (χ0v) is 11.9. The number of urea groups is 1. The molecule has 8 heteroatoms. The second-order valence-corrected chi connectivity index (χ2v) is 7.92. The molecule has 0 aromatic rings. The van der Waals surface area contributed by atoms with E-state index >= 15 is 0 Å². The van der Waals surface area contributed by atoms with E-state index in [1.165, 1.54) is 11.2 Å². The van der Waals surface area contributed by atoms with E-state index in [9.17, 15) is 13.2 Å². The fourth-order valence-electron chi connectivity index (χ4n) is 2.07. The standard InChI is InChI=1S/C10H18N2O4S2/c1-18(14,15)9-7-17-5-3-12(9)10(13)11-8-2-4-16-6-8/h8-9H,2-7H2,1H3,(H,11,13). The molecule has 2 atom stereocenters. The van der Waals surface area contributed by atoms with Gasteiger partial charge in [0.15, 0.2) is 9.84 Å². The number of carbonyl (C=O) groups is 1. The Bertz CT molecular complexity index is 406. The molecule has 0 aliphatic carbocycles. The number of rotatable bonds is 2. The monoisotopic (exact) mass is 294 g/mol. The van der Waals surface area contributed by atoms with Gasteiger partial charge in [-0.05, 0) is 6.42 Å². The normalized spacial score (nSPS) is 29.3. The fraction of sp³-hybridized carbons (Fsp3) is 0.900. The lowest BCUT2D eigenvalue weighted by Gasteiger charge is -2.34. The number of hydrogen-bond acceptors (Lipinski definition) is 5. The summed E-state index contributed by atoms with van der Waals surface area (Å²) in [7, 11) is -3.24. The van der Waals surface area contributed by atoms with Crippen molar-refractivity contribution in [2.75, 3.05) is 37.5 Å². The van der Waals surface area contributed by atoms with Crippen LogP contribution in [-0.4, -0.2) is 68.3 Å². The van der Waals surface area contributed by atoms with Gasteiger partial charge in [-0.25, -0.2) is 13.2 Å². The molecule has 1 N–H and O–H groups in total. The van der Waals surface area contributed by atoms with Gasteiger partial charge in [0.05, 0.1) is 12.6 Å². The molecule has 0 aromatic heterocycles. The minimum Gasteiger partial charge on any atom is -0.379 e. The van der Waals surface area contributed by atoms with Crippen LogP contribution in [0, 0.1) is 0 Å². The zero-order valence-electron chi connectivity index (χ0n) is 10.3. The molecule has 0 saturated carbocycles. The maximum atomic E-state index is 12.1. The highest BCUT2D eigenvalue weighted by molar-refractivity contribution is 8.00. The van der Waals surface area contributed by atoms with Crippen molar-refractivity contribution < 1.29 is 17.9 Å². The number of nitrogens with one attached hydrogen (secondary N) is 1. The predicted molar refractivity (Wildman–Crippen MR) is 70.4 cm³/mol. The van der Waals surface area contributed by atoms with Crippen LogP contribution in [0.4, 0.5) is 4.79 Å². The van der Waals surface area contributed by atoms with Crippen LogP contribution in [0.1, 0.15) is 6.42 Å². The summed E-state index contributed by atoms with van der Waals surface area (Å²) in [6, 6.07) is -0.284. The molecule has 2 saturated heterocycles. The van der Waals surface area contributed by atoms with Gasteiger partial charge in [-0.2, -0.15) is 11.8 Å². The molecule has 2 rings (SSSR count). The molecular formula is C10H18N2O4S2. The third kappa shape index (κ3) is 3.30. The van der Waals surface area contributed by atoms with Gasteiger partial charge in [0.25, 0.3) is 0 Å². The molecule has 2 aliphatic rings. The van der Waals surface area contributed by atoms with Gasteiger partial charge < -0.3 is 15.0 Å². The van der Waals surface area contributed by atoms with E-state index in [0.717, 1.165) is 12.2 Å². The van der Waals surface area contributed by atoms with Crippen molar-refractivity contribution in [1.82, 2.24) is 10.2 Å². The van der Waals surface area contributed by atoms with Crippen molar-refractivity contribution in [2.24, 2.45) is 0 Å². The molecular weight excluding hydrogens is 276 g/mol. The van der Waals surface area contributed by atoms with E-state index in [1.54, 1.807) is 11.8 Å². The third-order valence-corrected chi connectivity index (χ3v) is 5.74. The van der Waals surface area contributed by atoms with E-state index in [4.69, 9.17) is 4.74 Å². The summed E-state index contributed by atoms with van der Waals surface area (Å²) < 4.78 is 28.5. The Kier molecular flexibility index (Phi) is 4.39. The number of sulfone groups is 1. The van der Waals surface area contributed by atoms with E-state index in [-0.39, 0.29) is 12.1 Å². The molecule has 0 radical (unpaired) electrons. The number of thioether (sulfide) groups is 1. The Morgan fingerprint density at radius 3 is 2.89 bits per heavy atom. The number of nitrogens with zero attached hydrogens (tertiary/aromatic N) is 1. The molecule has 104 valence electrons. The Morgan fingerprint density at radius 1 is 1.50 bits per heavy atom. The summed E-state index contributed by atoms with van der Waals surface area (Å²) in [6.45, 7) is 1.63. The second kappa shape index (κ2) is 5.66. The molecule has 0 spiro atoms. The van der Waals surface area contributed by atoms with Crippen molar-refractivity contribution >= 4 is 27.6 Å². The first kappa shape index (κ1) is 14.0. The summed E-state index contributed by atoms with van der Waals surface area (Å²) in [5, 5.41) is 2.13. The highest BCUT2D eigenvalue weighted by atomic mass is 32.2. The number of hydrogen-bond donors (Lipinski definition) is 1. The summed E-state index contributed by atoms with van der Waals surface area (Å²) in [5.74, 6) is 1.23. The van der Waals surface area contributed by atoms with Crippen LogP contribution in [0.15, 0.2) is 0 Å². The minimum atomic E-state index is -3.24. The molecule has 2 fully saturated rings. The van der Waals surface area contributed by atoms with Crippen LogP contribution in [0.3, 0.4) is 0 Å². The molecule has 18 heavy (non-hydrogen) atoms. The van der Waals surface area contributed by atoms with Crippen LogP contribution in [-0.2, 0) is 14.6 Å². The lowest BCUT2D eigenvalue weighted by Crippen LogP contribution is -2.55. The summed E-state index contributed by atoms with van der Waals surface area (Å²) in [5.41, 5.74) is 0. The van der Waals surface area contributed by atoms with Crippen LogP contribution < -0.4 is 5.32 Å². The maximum Gasteiger partial charge on any atom is 0.318 e. The lowest BCUT2D eigenvalue weighted by atomic mass is 10.3. The van der Waals surface area contributed by atoms with E-state index in [1.807, 2.05) is 0 Å². The molecule has 2 heterocycles. The zero-order chi connectivity index (χ0) is 13.2. The lowest BCUT2D eigenvalue weighted by molar-refractivity contribution is 0.177. The highest BCUT2D eigenvalue weighted by Gasteiger charge is 2.35. The molecule has 2 aliphatic heterocycles. The molecule has 6 nitrogen and oxygen atoms in total. The first-order valence-electron chi connectivity index (χ1n) is 5.90. The van der Waals surface area contributed by atoms with Crippen LogP contribution in [0.2, 0.25) is 0 Å². The second-order valence-electron chi connectivity index (χ2n) is 4.56. The van der Waals surface area contributed by atoms with E-state index in [0.29, 0.717) is 25.5 Å². The van der Waals surface area contributed by atoms with Gasteiger partial charge in [0.2, 0.25) is 0 Å². The van der Waals surface area contributed by atoms with Gasteiger partial charge in [-0.15, -0.1) is 0 Å². The van der Waals surface area contributed by atoms with Crippen molar-refractivity contribution in [1.29, 1.82) is 0 Å². The van der Waals surface area contributed by atoms with Crippen molar-refractivity contribution in [3.05, 3.63) is 0 Å². The molecule has 2 unspecified atom stereocenters. The van der Waals surface area contributed by atoms with Gasteiger partial charge >= 0.3 is 6.03 Å². The Balaban J connectivity index is 2.01. The SMILES string of the molecule is CS(=O)(=O)C1CSCCN1C(=O)NC1CCOC1. The molecule has 2 amide bonds. The molecule has 0 bridgehead atoms. The highest BCUT2D eigenvalue weighted by Crippen LogP contribution is 2.20. The van der Waals surface area contributed by atoms with Crippen molar-refractivity contribution in [3.63, 3.8) is 0 Å². The Labute approximate surface area is 111 Å². The third-order valence-electron chi connectivity index (χ3n) is 3.10. The fourth-order valence-corrected chi connectivity index (χ4v) is 4.89. The van der Waals surface area contributed by atoms with Crippen molar-refractivity contribution in [3.8, 4) is 0 Å². The number of amides is 2. The number of carbonyl (C=O) groups excluding carboxylic acids is 1. The summed E-state index contributed by atoms with van der Waals surface area (Å²) in [6.07, 6.45) is 1.97. The number of ether oxygens (including phenoxy) is 1. The average Bonchev–Trinajstić information content (AvgIpc) is 2.80. The summed E-state index contributed by atoms with van der Waals surface area (Å²) in [4.78, 5) is 13.5. The van der Waals surface area contributed by atoms with Gasteiger partial charge in [0.1, 0.15) is 5.37 Å². The first-order chi connectivity index (χ1) is 8.48. The summed E-state index contributed by atoms with van der Waals surface area (Å²) >= 11 is 1.57. The Morgan fingerprint density at radius 2 is 2.28 bits per heavy atom. The molecule has 0 aromatic carbocycles. The smallest absolute Gasteiger partial charge is 0.318 e. The van der Waals surface area contributed by atoms with E-state index < -0.39 is 15.2 Å². The quantitative estimate of drug-likeness (QED) is 0.770. The van der Waals surface area contributed by atoms with Gasteiger partial charge in [-0.1, -0.05) is 0 Å².